The van der Waals surface area contributed by atoms with Crippen LogP contribution in [0.3, 0.4) is 0 Å². The molecule has 0 amide bonds. The van der Waals surface area contributed by atoms with E-state index in [1.807, 2.05) is 12.4 Å². The molecule has 2 fully saturated rings. The summed E-state index contributed by atoms with van der Waals surface area (Å²) in [7, 11) is 1.74. The molecular weight excluding hydrogens is 434 g/mol. The highest BCUT2D eigenvalue weighted by atomic mass is 16.5. The first kappa shape index (κ1) is 23.4. The maximum Gasteiger partial charge on any atom is 0.0966 e. The Morgan fingerprint density at radius 3 is 2.91 bits per heavy atom. The predicted octanol–water partition coefficient (Wildman–Crippen LogP) is 6.90. The van der Waals surface area contributed by atoms with Crippen LogP contribution < -0.4 is 0 Å². The van der Waals surface area contributed by atoms with Crippen molar-refractivity contribution in [3.8, 4) is 0 Å². The fraction of sp³-hybridized carbons (Fsp3) is 0.581. The number of hydrogen-bond donors (Lipinski definition) is 0. The standard InChI is InChI=1S/C31H39NO3/c1-22-6-7-23(25-9-8-24-12-15-32-21-26(24)18-25)4-3-5-28-19-27-10-11-29(34-17-16-33-2)20-30(27)13-14-31(22,28)35-30/h5,8-9,12,15,18-19,21-23,29H,3-4,6-7,10-11,13-14,16-17,20H2,1-2H3/b28-5-/t22-,23?,29+,30+,31-/m0/s1. The van der Waals surface area contributed by atoms with Gasteiger partial charge < -0.3 is 14.2 Å². The minimum absolute atomic E-state index is 0.111. The fourth-order valence-electron chi connectivity index (χ4n) is 7.33. The van der Waals surface area contributed by atoms with Gasteiger partial charge in [-0.3, -0.25) is 4.98 Å². The highest BCUT2D eigenvalue weighted by Gasteiger charge is 2.59. The number of nitrogens with zero attached hydrogens (tertiary/aromatic N) is 1. The molecule has 186 valence electrons. The van der Waals surface area contributed by atoms with E-state index in [1.165, 1.54) is 46.7 Å². The predicted molar refractivity (Wildman–Crippen MR) is 140 cm³/mol. The number of hydrogen-bond acceptors (Lipinski definition) is 4. The maximum atomic E-state index is 7.26. The SMILES string of the molecule is COCCO[C@@H]1CCC2=C/C3=C/CCC(c4ccc5ccncc5c4)CC[C@H](C)[C@@]34CC[C@]2(C1)O4. The van der Waals surface area contributed by atoms with Gasteiger partial charge in [-0.15, -0.1) is 0 Å². The lowest BCUT2D eigenvalue weighted by molar-refractivity contribution is -0.131. The van der Waals surface area contributed by atoms with Crippen molar-refractivity contribution in [3.63, 3.8) is 0 Å². The molecule has 1 saturated carbocycles. The monoisotopic (exact) mass is 473 g/mol. The second-order valence-corrected chi connectivity index (χ2v) is 11.3. The number of fused-ring (bicyclic) bond motifs is 1. The van der Waals surface area contributed by atoms with Gasteiger partial charge in [-0.2, -0.15) is 0 Å². The summed E-state index contributed by atoms with van der Waals surface area (Å²) < 4.78 is 18.7. The van der Waals surface area contributed by atoms with Crippen molar-refractivity contribution < 1.29 is 14.2 Å². The zero-order valence-corrected chi connectivity index (χ0v) is 21.3. The summed E-state index contributed by atoms with van der Waals surface area (Å²) in [5.41, 5.74) is 4.22. The molecule has 35 heavy (non-hydrogen) atoms. The number of rotatable bonds is 5. The summed E-state index contributed by atoms with van der Waals surface area (Å²) in [6, 6.07) is 9.08. The van der Waals surface area contributed by atoms with Crippen LogP contribution in [0.5, 0.6) is 0 Å². The average Bonchev–Trinajstić information content (AvgIpc) is 3.23. The van der Waals surface area contributed by atoms with Crippen molar-refractivity contribution in [2.24, 2.45) is 5.92 Å². The van der Waals surface area contributed by atoms with Gasteiger partial charge in [0.15, 0.2) is 0 Å². The molecule has 1 aromatic heterocycles. The number of methoxy groups -OCH3 is 1. The normalized spacial score (nSPS) is 36.2. The fourth-order valence-corrected chi connectivity index (χ4v) is 7.33. The van der Waals surface area contributed by atoms with E-state index in [0.717, 1.165) is 38.5 Å². The number of pyridine rings is 1. The summed E-state index contributed by atoms with van der Waals surface area (Å²) in [6.07, 6.45) is 19.4. The lowest BCUT2D eigenvalue weighted by atomic mass is 9.74. The molecule has 2 aromatic rings. The Kier molecular flexibility index (Phi) is 6.32. The van der Waals surface area contributed by atoms with Gasteiger partial charge in [-0.1, -0.05) is 31.2 Å². The van der Waals surface area contributed by atoms with E-state index in [0.29, 0.717) is 25.0 Å². The molecule has 2 spiro atoms. The molecule has 1 saturated heterocycles. The maximum absolute atomic E-state index is 7.26. The van der Waals surface area contributed by atoms with Crippen molar-refractivity contribution >= 4 is 10.8 Å². The molecule has 4 nitrogen and oxygen atoms in total. The van der Waals surface area contributed by atoms with Crippen LogP contribution >= 0.6 is 0 Å². The van der Waals surface area contributed by atoms with Gasteiger partial charge in [-0.25, -0.2) is 0 Å². The van der Waals surface area contributed by atoms with E-state index < -0.39 is 0 Å². The van der Waals surface area contributed by atoms with Crippen molar-refractivity contribution in [1.82, 2.24) is 4.98 Å². The largest absolute Gasteiger partial charge is 0.382 e. The summed E-state index contributed by atoms with van der Waals surface area (Å²) in [5.74, 6) is 1.09. The van der Waals surface area contributed by atoms with Gasteiger partial charge in [0.25, 0.3) is 0 Å². The van der Waals surface area contributed by atoms with Crippen molar-refractivity contribution in [2.75, 3.05) is 20.3 Å². The molecule has 4 heteroatoms. The molecule has 1 unspecified atom stereocenters. The highest BCUT2D eigenvalue weighted by Crippen LogP contribution is 2.59. The molecule has 2 bridgehead atoms. The molecule has 3 heterocycles. The zero-order chi connectivity index (χ0) is 23.9. The second kappa shape index (κ2) is 9.46. The van der Waals surface area contributed by atoms with E-state index in [2.05, 4.69) is 48.3 Å². The van der Waals surface area contributed by atoms with Gasteiger partial charge in [0.1, 0.15) is 0 Å². The van der Waals surface area contributed by atoms with Gasteiger partial charge in [0, 0.05) is 31.3 Å². The molecule has 6 rings (SSSR count). The molecule has 0 radical (unpaired) electrons. The first-order chi connectivity index (χ1) is 17.1. The van der Waals surface area contributed by atoms with Crippen LogP contribution in [-0.2, 0) is 14.2 Å². The molecular formula is C31H39NO3. The van der Waals surface area contributed by atoms with Crippen LogP contribution in [0.15, 0.2) is 60.0 Å². The minimum Gasteiger partial charge on any atom is -0.382 e. The number of aromatic nitrogens is 1. The third-order valence-electron chi connectivity index (χ3n) is 9.37. The second-order valence-electron chi connectivity index (χ2n) is 11.3. The highest BCUT2D eigenvalue weighted by molar-refractivity contribution is 5.82. The van der Waals surface area contributed by atoms with Crippen LogP contribution in [-0.4, -0.2) is 42.6 Å². The van der Waals surface area contributed by atoms with Crippen LogP contribution in [0.1, 0.15) is 76.2 Å². The Bertz CT molecular complexity index is 1140. The van der Waals surface area contributed by atoms with Crippen molar-refractivity contribution in [2.45, 2.75) is 87.9 Å². The van der Waals surface area contributed by atoms with Crippen LogP contribution in [0.2, 0.25) is 0 Å². The molecule has 2 aliphatic carbocycles. The first-order valence-electron chi connectivity index (χ1n) is 13.7. The van der Waals surface area contributed by atoms with Gasteiger partial charge in [0.2, 0.25) is 0 Å². The quantitative estimate of drug-likeness (QED) is 0.443. The van der Waals surface area contributed by atoms with Crippen LogP contribution in [0.4, 0.5) is 0 Å². The summed E-state index contributed by atoms with van der Waals surface area (Å²) in [5, 5.41) is 2.52. The molecule has 4 aliphatic rings. The Morgan fingerprint density at radius 1 is 1.06 bits per heavy atom. The Hall–Kier alpha value is -2.01. The average molecular weight is 474 g/mol. The molecule has 5 atom stereocenters. The van der Waals surface area contributed by atoms with Gasteiger partial charge in [-0.05, 0) is 97.4 Å². The van der Waals surface area contributed by atoms with E-state index in [-0.39, 0.29) is 17.3 Å². The zero-order valence-electron chi connectivity index (χ0n) is 21.3. The van der Waals surface area contributed by atoms with E-state index in [1.54, 1.807) is 7.11 Å². The third kappa shape index (κ3) is 4.18. The number of benzene rings is 1. The number of allylic oxidation sites excluding steroid dienone is 1. The first-order valence-corrected chi connectivity index (χ1v) is 13.7. The molecule has 2 aliphatic heterocycles. The van der Waals surface area contributed by atoms with Crippen molar-refractivity contribution in [1.29, 1.82) is 0 Å². The summed E-state index contributed by atoms with van der Waals surface area (Å²) in [6.45, 7) is 3.78. The lowest BCUT2D eigenvalue weighted by Gasteiger charge is -2.48. The van der Waals surface area contributed by atoms with Crippen molar-refractivity contribution in [3.05, 3.63) is 65.5 Å². The van der Waals surface area contributed by atoms with E-state index >= 15 is 0 Å². The Balaban J connectivity index is 1.24. The lowest BCUT2D eigenvalue weighted by Crippen LogP contribution is -2.49. The molecule has 1 aromatic carbocycles. The molecule has 0 N–H and O–H groups in total. The van der Waals surface area contributed by atoms with E-state index in [9.17, 15) is 0 Å². The topological polar surface area (TPSA) is 40.6 Å². The van der Waals surface area contributed by atoms with E-state index in [4.69, 9.17) is 14.2 Å². The smallest absolute Gasteiger partial charge is 0.0966 e. The Labute approximate surface area is 209 Å². The van der Waals surface area contributed by atoms with Gasteiger partial charge >= 0.3 is 0 Å². The third-order valence-corrected chi connectivity index (χ3v) is 9.37. The van der Waals surface area contributed by atoms with Crippen LogP contribution in [0, 0.1) is 5.92 Å². The number of ether oxygens (including phenoxy) is 3. The van der Waals surface area contributed by atoms with Gasteiger partial charge in [0.05, 0.1) is 30.5 Å². The summed E-state index contributed by atoms with van der Waals surface area (Å²) in [4.78, 5) is 4.35. The minimum atomic E-state index is -0.125. The van der Waals surface area contributed by atoms with Crippen LogP contribution in [0.25, 0.3) is 10.8 Å². The summed E-state index contributed by atoms with van der Waals surface area (Å²) >= 11 is 0. The Morgan fingerprint density at radius 2 is 2.00 bits per heavy atom.